The molecule has 0 fully saturated rings. The third kappa shape index (κ3) is 4.17. The van der Waals surface area contributed by atoms with Crippen molar-refractivity contribution in [3.63, 3.8) is 0 Å². The molecule has 3 aromatic carbocycles. The van der Waals surface area contributed by atoms with Crippen LogP contribution in [0.4, 0.5) is 0 Å². The number of carbonyl (C=O) groups is 1. The summed E-state index contributed by atoms with van der Waals surface area (Å²) >= 11 is 12.5. The molecule has 0 atom stereocenters. The van der Waals surface area contributed by atoms with Crippen molar-refractivity contribution < 1.29 is 9.90 Å². The number of aliphatic carboxylic acids is 1. The number of carboxylic acid groups (broad SMARTS) is 1. The first-order valence-electron chi connectivity index (χ1n) is 10.5. The number of fused-ring (bicyclic) bond motifs is 3. The summed E-state index contributed by atoms with van der Waals surface area (Å²) in [4.78, 5) is 15.8. The highest BCUT2D eigenvalue weighted by Gasteiger charge is 2.23. The molecule has 0 saturated carbocycles. The van der Waals surface area contributed by atoms with Gasteiger partial charge in [-0.2, -0.15) is 5.10 Å². The van der Waals surface area contributed by atoms with Crippen molar-refractivity contribution in [3.8, 4) is 22.5 Å². The van der Waals surface area contributed by atoms with E-state index >= 15 is 0 Å². The fourth-order valence-electron chi connectivity index (χ4n) is 4.13. The Morgan fingerprint density at radius 3 is 2.15 bits per heavy atom. The highest BCUT2D eigenvalue weighted by Crippen LogP contribution is 2.44. The molecule has 7 heteroatoms. The highest BCUT2D eigenvalue weighted by molar-refractivity contribution is 6.36. The zero-order valence-electron chi connectivity index (χ0n) is 17.5. The second-order valence-electron chi connectivity index (χ2n) is 7.79. The van der Waals surface area contributed by atoms with Gasteiger partial charge in [-0.3, -0.25) is 4.79 Å². The van der Waals surface area contributed by atoms with Crippen molar-refractivity contribution in [2.24, 2.45) is 0 Å². The standard InChI is InChI=1S/C26H19Cl2N3O2/c27-16-11-12-21(23(28)14-16)26-29-24(31(30-26)13-5-10-25(32)33)15-22-19-8-3-1-6-17(19)18-7-2-4-9-20(18)22/h1-4,6-9,11-12,14-15H,5,10,13H2,(H,32,33). The van der Waals surface area contributed by atoms with E-state index in [1.54, 1.807) is 22.9 Å². The van der Waals surface area contributed by atoms with Crippen LogP contribution in [0.15, 0.2) is 66.7 Å². The fourth-order valence-corrected chi connectivity index (χ4v) is 4.62. The molecule has 0 saturated heterocycles. The van der Waals surface area contributed by atoms with Crippen molar-refractivity contribution in [2.45, 2.75) is 19.4 Å². The summed E-state index contributed by atoms with van der Waals surface area (Å²) in [6.45, 7) is 0.424. The molecule has 1 N–H and O–H groups in total. The van der Waals surface area contributed by atoms with Crippen molar-refractivity contribution >= 4 is 40.8 Å². The van der Waals surface area contributed by atoms with Crippen molar-refractivity contribution in [1.82, 2.24) is 14.8 Å². The summed E-state index contributed by atoms with van der Waals surface area (Å²) in [6, 6.07) is 21.7. The first-order valence-corrected chi connectivity index (χ1v) is 11.3. The largest absolute Gasteiger partial charge is 0.481 e. The Hall–Kier alpha value is -3.41. The number of aryl methyl sites for hydroxylation is 1. The topological polar surface area (TPSA) is 68.0 Å². The average Bonchev–Trinajstić information content (AvgIpc) is 3.33. The van der Waals surface area contributed by atoms with Crippen LogP contribution in [0, 0.1) is 0 Å². The van der Waals surface area contributed by atoms with Crippen molar-refractivity contribution in [1.29, 1.82) is 0 Å². The lowest BCUT2D eigenvalue weighted by atomic mass is 10.0. The molecule has 164 valence electrons. The summed E-state index contributed by atoms with van der Waals surface area (Å²) in [5.41, 5.74) is 6.34. The molecule has 0 radical (unpaired) electrons. The van der Waals surface area contributed by atoms with E-state index in [0.29, 0.717) is 40.2 Å². The number of rotatable bonds is 6. The van der Waals surface area contributed by atoms with E-state index in [1.165, 1.54) is 11.1 Å². The van der Waals surface area contributed by atoms with Crippen molar-refractivity contribution in [3.05, 3.63) is 93.7 Å². The van der Waals surface area contributed by atoms with Gasteiger partial charge in [-0.15, -0.1) is 0 Å². The van der Waals surface area contributed by atoms with Gasteiger partial charge in [0.2, 0.25) is 0 Å². The minimum Gasteiger partial charge on any atom is -0.481 e. The zero-order chi connectivity index (χ0) is 22.9. The van der Waals surface area contributed by atoms with Gasteiger partial charge in [0.05, 0.1) is 5.02 Å². The summed E-state index contributed by atoms with van der Waals surface area (Å²) in [6.07, 6.45) is 2.51. The lowest BCUT2D eigenvalue weighted by Gasteiger charge is -2.05. The average molecular weight is 476 g/mol. The monoisotopic (exact) mass is 475 g/mol. The van der Waals surface area contributed by atoms with Gasteiger partial charge in [0, 0.05) is 23.6 Å². The van der Waals surface area contributed by atoms with Crippen LogP contribution in [0.25, 0.3) is 34.2 Å². The first kappa shape index (κ1) is 21.4. The highest BCUT2D eigenvalue weighted by atomic mass is 35.5. The molecular weight excluding hydrogens is 457 g/mol. The number of hydrogen-bond donors (Lipinski definition) is 1. The fraction of sp³-hybridized carbons (Fsp3) is 0.115. The second-order valence-corrected chi connectivity index (χ2v) is 8.63. The Morgan fingerprint density at radius 1 is 0.909 bits per heavy atom. The van der Waals surface area contributed by atoms with E-state index in [4.69, 9.17) is 33.3 Å². The SMILES string of the molecule is O=C(O)CCCn1nc(-c2ccc(Cl)cc2Cl)nc1C=C1c2ccccc2-c2ccccc21. The number of hydrogen-bond acceptors (Lipinski definition) is 3. The van der Waals surface area contributed by atoms with Crippen LogP contribution in [-0.2, 0) is 11.3 Å². The van der Waals surface area contributed by atoms with E-state index in [0.717, 1.165) is 16.7 Å². The molecule has 33 heavy (non-hydrogen) atoms. The molecule has 1 aromatic heterocycles. The van der Waals surface area contributed by atoms with Crippen LogP contribution in [0.2, 0.25) is 10.0 Å². The lowest BCUT2D eigenvalue weighted by molar-refractivity contribution is -0.137. The van der Waals surface area contributed by atoms with E-state index in [-0.39, 0.29) is 6.42 Å². The molecule has 0 unspecified atom stereocenters. The molecule has 4 aromatic rings. The minimum atomic E-state index is -0.838. The molecule has 1 aliphatic rings. The van der Waals surface area contributed by atoms with Crippen LogP contribution in [0.3, 0.4) is 0 Å². The van der Waals surface area contributed by atoms with Gasteiger partial charge in [-0.05, 0) is 58.5 Å². The molecule has 5 nitrogen and oxygen atoms in total. The predicted octanol–water partition coefficient (Wildman–Crippen LogP) is 6.69. The van der Waals surface area contributed by atoms with Crippen LogP contribution in [0.5, 0.6) is 0 Å². The lowest BCUT2D eigenvalue weighted by Crippen LogP contribution is -2.06. The van der Waals surface area contributed by atoms with E-state index in [9.17, 15) is 4.79 Å². The second kappa shape index (κ2) is 8.85. The predicted molar refractivity (Wildman–Crippen MR) is 131 cm³/mol. The van der Waals surface area contributed by atoms with Crippen molar-refractivity contribution in [2.75, 3.05) is 0 Å². The minimum absolute atomic E-state index is 0.0541. The molecule has 0 spiro atoms. The summed E-state index contributed by atoms with van der Waals surface area (Å²) in [7, 11) is 0. The maximum Gasteiger partial charge on any atom is 0.303 e. The number of benzene rings is 3. The third-order valence-corrected chi connectivity index (χ3v) is 6.18. The van der Waals surface area contributed by atoms with Gasteiger partial charge in [-0.1, -0.05) is 71.7 Å². The maximum absolute atomic E-state index is 11.0. The molecule has 0 amide bonds. The van der Waals surface area contributed by atoms with Gasteiger partial charge < -0.3 is 5.11 Å². The third-order valence-electron chi connectivity index (χ3n) is 5.63. The summed E-state index contributed by atoms with van der Waals surface area (Å²) < 4.78 is 1.75. The van der Waals surface area contributed by atoms with Crippen LogP contribution < -0.4 is 0 Å². The quantitative estimate of drug-likeness (QED) is 0.297. The molecule has 0 aliphatic heterocycles. The van der Waals surface area contributed by atoms with Gasteiger partial charge >= 0.3 is 5.97 Å². The number of carboxylic acids is 1. The van der Waals surface area contributed by atoms with E-state index < -0.39 is 5.97 Å². The summed E-state index contributed by atoms with van der Waals surface area (Å²) in [5.74, 6) is 0.274. The van der Waals surface area contributed by atoms with Gasteiger partial charge in [0.25, 0.3) is 0 Å². The zero-order valence-corrected chi connectivity index (χ0v) is 19.0. The first-order chi connectivity index (χ1) is 16.0. The van der Waals surface area contributed by atoms with E-state index in [1.807, 2.05) is 30.3 Å². The molecule has 1 heterocycles. The maximum atomic E-state index is 11.0. The number of halogens is 2. The van der Waals surface area contributed by atoms with E-state index in [2.05, 4.69) is 29.4 Å². The Kier molecular flexibility index (Phi) is 5.75. The van der Waals surface area contributed by atoms with Crippen LogP contribution in [-0.4, -0.2) is 25.8 Å². The number of nitrogens with zero attached hydrogens (tertiary/aromatic N) is 3. The Labute approximate surface area is 200 Å². The van der Waals surface area contributed by atoms with Gasteiger partial charge in [0.15, 0.2) is 11.6 Å². The van der Waals surface area contributed by atoms with Crippen LogP contribution in [0.1, 0.15) is 29.8 Å². The molecule has 1 aliphatic carbocycles. The Morgan fingerprint density at radius 2 is 1.55 bits per heavy atom. The normalized spacial score (nSPS) is 11.9. The van der Waals surface area contributed by atoms with Crippen LogP contribution >= 0.6 is 23.2 Å². The Balaban J connectivity index is 1.63. The summed E-state index contributed by atoms with van der Waals surface area (Å²) in [5, 5.41) is 14.7. The number of aromatic nitrogens is 3. The molecular formula is C26H19Cl2N3O2. The molecule has 0 bridgehead atoms. The van der Waals surface area contributed by atoms with Gasteiger partial charge in [-0.25, -0.2) is 9.67 Å². The molecule has 5 rings (SSSR count). The smallest absolute Gasteiger partial charge is 0.303 e. The Bertz CT molecular complexity index is 1360. The van der Waals surface area contributed by atoms with Gasteiger partial charge in [0.1, 0.15) is 0 Å².